The van der Waals surface area contributed by atoms with Crippen molar-refractivity contribution < 1.29 is 5.11 Å². The SMILES string of the molecule is CN1N=C(CO)C(=Nc2ccc(N(C)C)cc2)C1=N. The maximum absolute atomic E-state index is 9.23. The van der Waals surface area contributed by atoms with E-state index in [1.54, 1.807) is 7.05 Å². The predicted octanol–water partition coefficient (Wildman–Crippen LogP) is 1.10. The number of hydrazone groups is 1. The molecule has 2 N–H and O–H groups in total. The molecule has 0 bridgehead atoms. The lowest BCUT2D eigenvalue weighted by molar-refractivity contribution is 0.357. The van der Waals surface area contributed by atoms with Gasteiger partial charge >= 0.3 is 0 Å². The zero-order valence-corrected chi connectivity index (χ0v) is 11.3. The van der Waals surface area contributed by atoms with Crippen LogP contribution in [0.3, 0.4) is 0 Å². The van der Waals surface area contributed by atoms with Crippen LogP contribution in [0.4, 0.5) is 11.4 Å². The second kappa shape index (κ2) is 5.19. The van der Waals surface area contributed by atoms with E-state index in [0.29, 0.717) is 11.4 Å². The van der Waals surface area contributed by atoms with Crippen LogP contribution in [0, 0.1) is 5.41 Å². The monoisotopic (exact) mass is 259 g/mol. The van der Waals surface area contributed by atoms with Crippen molar-refractivity contribution in [3.63, 3.8) is 0 Å². The third-order valence-electron chi connectivity index (χ3n) is 2.85. The minimum atomic E-state index is -0.221. The van der Waals surface area contributed by atoms with Crippen LogP contribution in [0.25, 0.3) is 0 Å². The average molecular weight is 259 g/mol. The maximum atomic E-state index is 9.23. The number of nitrogens with zero attached hydrogens (tertiary/aromatic N) is 4. The topological polar surface area (TPSA) is 75.3 Å². The summed E-state index contributed by atoms with van der Waals surface area (Å²) in [5, 5.41) is 22.5. The number of anilines is 1. The zero-order chi connectivity index (χ0) is 14.0. The van der Waals surface area contributed by atoms with Gasteiger partial charge in [0.25, 0.3) is 0 Å². The molecule has 0 amide bonds. The first-order valence-corrected chi connectivity index (χ1v) is 5.90. The molecule has 1 aromatic rings. The molecule has 0 aliphatic carbocycles. The number of hydrogen-bond donors (Lipinski definition) is 2. The highest BCUT2D eigenvalue weighted by Gasteiger charge is 2.25. The van der Waals surface area contributed by atoms with Crippen LogP contribution in [0.1, 0.15) is 0 Å². The molecule has 0 unspecified atom stereocenters. The first-order valence-electron chi connectivity index (χ1n) is 5.90. The summed E-state index contributed by atoms with van der Waals surface area (Å²) in [6.07, 6.45) is 0. The Hall–Kier alpha value is -2.21. The normalized spacial score (nSPS) is 17.1. The Kier molecular flexibility index (Phi) is 3.62. The molecule has 0 aromatic heterocycles. The number of aliphatic hydroxyl groups is 1. The molecule has 2 rings (SSSR count). The standard InChI is InChI=1S/C13H17N5O/c1-17(2)10-6-4-9(5-7-10)15-12-11(8-19)16-18(3)13(12)14/h4-7,14,19H,8H2,1-3H3. The fourth-order valence-corrected chi connectivity index (χ4v) is 1.75. The molecule has 0 saturated heterocycles. The highest BCUT2D eigenvalue weighted by molar-refractivity contribution is 6.70. The van der Waals surface area contributed by atoms with Gasteiger partial charge in [0.15, 0.2) is 5.84 Å². The fourth-order valence-electron chi connectivity index (χ4n) is 1.75. The summed E-state index contributed by atoms with van der Waals surface area (Å²) in [7, 11) is 5.60. The number of aliphatic imine (C=N–C) groups is 1. The van der Waals surface area contributed by atoms with E-state index in [0.717, 1.165) is 11.4 Å². The van der Waals surface area contributed by atoms with Crippen LogP contribution in [-0.2, 0) is 0 Å². The molecule has 1 aromatic carbocycles. The van der Waals surface area contributed by atoms with Gasteiger partial charge < -0.3 is 10.0 Å². The van der Waals surface area contributed by atoms with Crippen molar-refractivity contribution in [2.45, 2.75) is 0 Å². The average Bonchev–Trinajstić information content (AvgIpc) is 2.67. The lowest BCUT2D eigenvalue weighted by Gasteiger charge is -2.11. The molecule has 0 radical (unpaired) electrons. The smallest absolute Gasteiger partial charge is 0.169 e. The van der Waals surface area contributed by atoms with Gasteiger partial charge in [-0.2, -0.15) is 5.10 Å². The van der Waals surface area contributed by atoms with Crippen LogP contribution in [0.2, 0.25) is 0 Å². The van der Waals surface area contributed by atoms with E-state index in [1.165, 1.54) is 5.01 Å². The fraction of sp³-hybridized carbons (Fsp3) is 0.308. The van der Waals surface area contributed by atoms with E-state index < -0.39 is 0 Å². The van der Waals surface area contributed by atoms with E-state index >= 15 is 0 Å². The molecule has 0 atom stereocenters. The Morgan fingerprint density at radius 3 is 2.47 bits per heavy atom. The van der Waals surface area contributed by atoms with Crippen molar-refractivity contribution in [2.24, 2.45) is 10.1 Å². The summed E-state index contributed by atoms with van der Waals surface area (Å²) >= 11 is 0. The number of amidine groups is 1. The summed E-state index contributed by atoms with van der Waals surface area (Å²) in [6, 6.07) is 7.67. The first kappa shape index (κ1) is 13.2. The lowest BCUT2D eigenvalue weighted by Crippen LogP contribution is -2.25. The second-order valence-electron chi connectivity index (χ2n) is 4.45. The number of aliphatic hydroxyl groups excluding tert-OH is 1. The van der Waals surface area contributed by atoms with Gasteiger partial charge in [0.1, 0.15) is 11.4 Å². The van der Waals surface area contributed by atoms with Crippen LogP contribution in [-0.4, -0.2) is 55.1 Å². The van der Waals surface area contributed by atoms with E-state index in [9.17, 15) is 5.11 Å². The second-order valence-corrected chi connectivity index (χ2v) is 4.45. The molecule has 1 aliphatic heterocycles. The minimum Gasteiger partial charge on any atom is -0.390 e. The van der Waals surface area contributed by atoms with Gasteiger partial charge in [-0.15, -0.1) is 0 Å². The van der Waals surface area contributed by atoms with Gasteiger partial charge in [0, 0.05) is 26.8 Å². The van der Waals surface area contributed by atoms with Crippen LogP contribution in [0.15, 0.2) is 34.4 Å². The predicted molar refractivity (Wildman–Crippen MR) is 77.9 cm³/mol. The van der Waals surface area contributed by atoms with Gasteiger partial charge in [-0.25, -0.2) is 10.0 Å². The van der Waals surface area contributed by atoms with Crippen molar-refractivity contribution in [2.75, 3.05) is 32.6 Å². The molecule has 0 fully saturated rings. The van der Waals surface area contributed by atoms with E-state index in [2.05, 4.69) is 10.1 Å². The third kappa shape index (κ3) is 2.63. The summed E-state index contributed by atoms with van der Waals surface area (Å²) in [4.78, 5) is 6.39. The Balaban J connectivity index is 2.30. The van der Waals surface area contributed by atoms with Gasteiger partial charge in [-0.3, -0.25) is 5.41 Å². The summed E-state index contributed by atoms with van der Waals surface area (Å²) in [5.41, 5.74) is 2.66. The van der Waals surface area contributed by atoms with Crippen molar-refractivity contribution >= 4 is 28.6 Å². The van der Waals surface area contributed by atoms with Gasteiger partial charge in [0.05, 0.1) is 12.3 Å². The van der Waals surface area contributed by atoms with E-state index in [-0.39, 0.29) is 12.4 Å². The van der Waals surface area contributed by atoms with Crippen molar-refractivity contribution in [1.82, 2.24) is 5.01 Å². The zero-order valence-electron chi connectivity index (χ0n) is 11.3. The Labute approximate surface area is 112 Å². The van der Waals surface area contributed by atoms with Gasteiger partial charge in [-0.05, 0) is 24.3 Å². The quantitative estimate of drug-likeness (QED) is 0.853. The highest BCUT2D eigenvalue weighted by Crippen LogP contribution is 2.19. The Bertz CT molecular complexity index is 545. The minimum absolute atomic E-state index is 0.195. The molecule has 19 heavy (non-hydrogen) atoms. The molecule has 1 aliphatic rings. The third-order valence-corrected chi connectivity index (χ3v) is 2.85. The van der Waals surface area contributed by atoms with Gasteiger partial charge in [0.2, 0.25) is 0 Å². The number of nitrogens with one attached hydrogen (secondary N) is 1. The first-order chi connectivity index (χ1) is 9.02. The van der Waals surface area contributed by atoms with Crippen LogP contribution < -0.4 is 4.90 Å². The lowest BCUT2D eigenvalue weighted by atomic mass is 10.2. The summed E-state index contributed by atoms with van der Waals surface area (Å²) in [5.74, 6) is 0.195. The van der Waals surface area contributed by atoms with E-state index in [4.69, 9.17) is 5.41 Å². The molecule has 100 valence electrons. The molecular weight excluding hydrogens is 242 g/mol. The molecule has 1 heterocycles. The summed E-state index contributed by atoms with van der Waals surface area (Å²) < 4.78 is 0. The number of hydrogen-bond acceptors (Lipinski definition) is 5. The van der Waals surface area contributed by atoms with Crippen LogP contribution in [0.5, 0.6) is 0 Å². The molecule has 6 heteroatoms. The van der Waals surface area contributed by atoms with Crippen LogP contribution >= 0.6 is 0 Å². The molecular formula is C13H17N5O. The molecule has 6 nitrogen and oxygen atoms in total. The summed E-state index contributed by atoms with van der Waals surface area (Å²) in [6.45, 7) is -0.221. The van der Waals surface area contributed by atoms with Gasteiger partial charge in [-0.1, -0.05) is 0 Å². The Morgan fingerprint density at radius 2 is 1.95 bits per heavy atom. The van der Waals surface area contributed by atoms with E-state index in [1.807, 2.05) is 43.3 Å². The molecule has 0 saturated carbocycles. The Morgan fingerprint density at radius 1 is 1.32 bits per heavy atom. The largest absolute Gasteiger partial charge is 0.390 e. The maximum Gasteiger partial charge on any atom is 0.169 e. The number of benzene rings is 1. The number of rotatable bonds is 3. The highest BCUT2D eigenvalue weighted by atomic mass is 16.3. The molecule has 0 spiro atoms. The van der Waals surface area contributed by atoms with Crippen molar-refractivity contribution in [1.29, 1.82) is 5.41 Å². The van der Waals surface area contributed by atoms with Crippen molar-refractivity contribution in [3.8, 4) is 0 Å². The van der Waals surface area contributed by atoms with Crippen molar-refractivity contribution in [3.05, 3.63) is 24.3 Å².